The molecule has 0 bridgehead atoms. The summed E-state index contributed by atoms with van der Waals surface area (Å²) in [6.07, 6.45) is 3.93. The summed E-state index contributed by atoms with van der Waals surface area (Å²) in [6.45, 7) is 8.33. The van der Waals surface area contributed by atoms with Crippen molar-refractivity contribution in [1.29, 1.82) is 0 Å². The highest BCUT2D eigenvalue weighted by molar-refractivity contribution is 4.97. The maximum absolute atomic E-state index is 6.10. The van der Waals surface area contributed by atoms with Crippen LogP contribution in [-0.4, -0.2) is 67.8 Å². The molecule has 1 atom stereocenters. The molecule has 2 aliphatic rings. The van der Waals surface area contributed by atoms with Gasteiger partial charge in [0.1, 0.15) is 0 Å². The van der Waals surface area contributed by atoms with Gasteiger partial charge in [-0.1, -0.05) is 6.92 Å². The fourth-order valence-electron chi connectivity index (χ4n) is 3.08. The third-order valence-corrected chi connectivity index (χ3v) is 4.56. The van der Waals surface area contributed by atoms with Gasteiger partial charge in [-0.25, -0.2) is 0 Å². The van der Waals surface area contributed by atoms with Gasteiger partial charge < -0.3 is 15.4 Å². The molecule has 0 aliphatic carbocycles. The predicted molar refractivity (Wildman–Crippen MR) is 70.1 cm³/mol. The Morgan fingerprint density at radius 2 is 2.00 bits per heavy atom. The van der Waals surface area contributed by atoms with Gasteiger partial charge in [-0.05, 0) is 39.4 Å². The number of nitrogens with two attached hydrogens (primary N) is 1. The van der Waals surface area contributed by atoms with Crippen LogP contribution < -0.4 is 5.73 Å². The molecular formula is C13H27N3O. The maximum Gasteiger partial charge on any atom is 0.0700 e. The molecule has 17 heavy (non-hydrogen) atoms. The first-order valence-corrected chi connectivity index (χ1v) is 6.95. The van der Waals surface area contributed by atoms with Gasteiger partial charge in [-0.15, -0.1) is 0 Å². The van der Waals surface area contributed by atoms with E-state index in [1.54, 1.807) is 0 Å². The monoisotopic (exact) mass is 241 g/mol. The molecule has 2 aliphatic heterocycles. The molecule has 0 aromatic rings. The van der Waals surface area contributed by atoms with Crippen molar-refractivity contribution in [3.8, 4) is 0 Å². The minimum Gasteiger partial charge on any atom is -0.376 e. The van der Waals surface area contributed by atoms with Gasteiger partial charge in [0.05, 0.1) is 12.7 Å². The zero-order chi connectivity index (χ0) is 12.3. The van der Waals surface area contributed by atoms with E-state index in [1.807, 2.05) is 0 Å². The summed E-state index contributed by atoms with van der Waals surface area (Å²) in [4.78, 5) is 5.02. The third kappa shape index (κ3) is 2.81. The van der Waals surface area contributed by atoms with E-state index in [9.17, 15) is 0 Å². The van der Waals surface area contributed by atoms with E-state index in [-0.39, 0.29) is 5.54 Å². The van der Waals surface area contributed by atoms with Crippen LogP contribution in [0.3, 0.4) is 0 Å². The number of rotatable bonds is 3. The lowest BCUT2D eigenvalue weighted by Crippen LogP contribution is -2.62. The Kier molecular flexibility index (Phi) is 4.42. The van der Waals surface area contributed by atoms with Gasteiger partial charge in [-0.3, -0.25) is 4.90 Å². The number of nitrogens with zero attached hydrogens (tertiary/aromatic N) is 2. The summed E-state index contributed by atoms with van der Waals surface area (Å²) >= 11 is 0. The number of hydrogen-bond acceptors (Lipinski definition) is 4. The van der Waals surface area contributed by atoms with E-state index in [0.717, 1.165) is 32.7 Å². The summed E-state index contributed by atoms with van der Waals surface area (Å²) in [6, 6.07) is 0. The van der Waals surface area contributed by atoms with Crippen molar-refractivity contribution in [2.45, 2.75) is 37.8 Å². The standard InChI is InChI=1S/C13H27N3O/c1-3-12-10-16(8-9-17-12)13(11-14)4-6-15(2)7-5-13/h12H,3-11,14H2,1-2H3. The zero-order valence-electron chi connectivity index (χ0n) is 11.3. The van der Waals surface area contributed by atoms with E-state index < -0.39 is 0 Å². The second-order valence-corrected chi connectivity index (χ2v) is 5.58. The highest BCUT2D eigenvalue weighted by Gasteiger charge is 2.39. The molecule has 4 nitrogen and oxygen atoms in total. The number of piperidine rings is 1. The first-order valence-electron chi connectivity index (χ1n) is 6.95. The number of likely N-dealkylation sites (tertiary alicyclic amines) is 1. The molecule has 2 N–H and O–H groups in total. The summed E-state index contributed by atoms with van der Waals surface area (Å²) in [5.74, 6) is 0. The minimum absolute atomic E-state index is 0.240. The number of hydrogen-bond donors (Lipinski definition) is 1. The molecule has 4 heteroatoms. The van der Waals surface area contributed by atoms with Gasteiger partial charge in [0.2, 0.25) is 0 Å². The Bertz CT molecular complexity index is 239. The van der Waals surface area contributed by atoms with Crippen LogP contribution in [0.4, 0.5) is 0 Å². The van der Waals surface area contributed by atoms with E-state index in [2.05, 4.69) is 23.8 Å². The molecule has 0 aromatic heterocycles. The molecule has 1 unspecified atom stereocenters. The van der Waals surface area contributed by atoms with Crippen LogP contribution in [0.5, 0.6) is 0 Å². The SMILES string of the molecule is CCC1CN(C2(CN)CCN(C)CC2)CCO1. The molecule has 100 valence electrons. The van der Waals surface area contributed by atoms with E-state index in [0.29, 0.717) is 6.10 Å². The molecule has 0 saturated carbocycles. The topological polar surface area (TPSA) is 41.7 Å². The van der Waals surface area contributed by atoms with Crippen LogP contribution in [-0.2, 0) is 4.74 Å². The molecule has 2 fully saturated rings. The summed E-state index contributed by atoms with van der Waals surface area (Å²) in [7, 11) is 2.20. The van der Waals surface area contributed by atoms with Crippen molar-refractivity contribution in [3.63, 3.8) is 0 Å². The first kappa shape index (κ1) is 13.3. The second-order valence-electron chi connectivity index (χ2n) is 5.58. The van der Waals surface area contributed by atoms with Crippen molar-refractivity contribution < 1.29 is 4.74 Å². The molecule has 0 aromatic carbocycles. The number of morpholine rings is 1. The van der Waals surface area contributed by atoms with Gasteiger partial charge >= 0.3 is 0 Å². The molecule has 0 radical (unpaired) electrons. The van der Waals surface area contributed by atoms with E-state index >= 15 is 0 Å². The predicted octanol–water partition coefficient (Wildman–Crippen LogP) is 0.520. The van der Waals surface area contributed by atoms with Crippen molar-refractivity contribution in [2.75, 3.05) is 46.4 Å². The van der Waals surface area contributed by atoms with Gasteiger partial charge in [-0.2, -0.15) is 0 Å². The van der Waals surface area contributed by atoms with Crippen LogP contribution in [0.15, 0.2) is 0 Å². The fraction of sp³-hybridized carbons (Fsp3) is 1.00. The molecule has 2 heterocycles. The lowest BCUT2D eigenvalue weighted by molar-refractivity contribution is -0.0823. The lowest BCUT2D eigenvalue weighted by Gasteiger charge is -2.50. The Morgan fingerprint density at radius 1 is 1.29 bits per heavy atom. The quantitative estimate of drug-likeness (QED) is 0.782. The van der Waals surface area contributed by atoms with Crippen molar-refractivity contribution >= 4 is 0 Å². The smallest absolute Gasteiger partial charge is 0.0700 e. The van der Waals surface area contributed by atoms with Crippen LogP contribution in [0.1, 0.15) is 26.2 Å². The fourth-order valence-corrected chi connectivity index (χ4v) is 3.08. The van der Waals surface area contributed by atoms with Gasteiger partial charge in [0, 0.05) is 25.2 Å². The highest BCUT2D eigenvalue weighted by atomic mass is 16.5. The Hall–Kier alpha value is -0.160. The molecule has 0 amide bonds. The maximum atomic E-state index is 6.10. The number of ether oxygens (including phenoxy) is 1. The van der Waals surface area contributed by atoms with Crippen molar-refractivity contribution in [1.82, 2.24) is 9.80 Å². The molecule has 2 rings (SSSR count). The van der Waals surface area contributed by atoms with Crippen LogP contribution >= 0.6 is 0 Å². The average Bonchev–Trinajstić information content (AvgIpc) is 2.40. The third-order valence-electron chi connectivity index (χ3n) is 4.56. The van der Waals surface area contributed by atoms with Crippen LogP contribution in [0.2, 0.25) is 0 Å². The Balaban J connectivity index is 2.01. The molecule has 0 spiro atoms. The summed E-state index contributed by atoms with van der Waals surface area (Å²) in [5, 5.41) is 0. The van der Waals surface area contributed by atoms with Gasteiger partial charge in [0.25, 0.3) is 0 Å². The van der Waals surface area contributed by atoms with Crippen molar-refractivity contribution in [2.24, 2.45) is 5.73 Å². The lowest BCUT2D eigenvalue weighted by atomic mass is 9.85. The zero-order valence-corrected chi connectivity index (χ0v) is 11.3. The van der Waals surface area contributed by atoms with Gasteiger partial charge in [0.15, 0.2) is 0 Å². The van der Waals surface area contributed by atoms with E-state index in [4.69, 9.17) is 10.5 Å². The summed E-state index contributed by atoms with van der Waals surface area (Å²) < 4.78 is 5.77. The second kappa shape index (κ2) is 5.65. The molecular weight excluding hydrogens is 214 g/mol. The normalized spacial score (nSPS) is 31.6. The summed E-state index contributed by atoms with van der Waals surface area (Å²) in [5.41, 5.74) is 6.34. The van der Waals surface area contributed by atoms with Crippen LogP contribution in [0, 0.1) is 0 Å². The molecule has 2 saturated heterocycles. The van der Waals surface area contributed by atoms with Crippen LogP contribution in [0.25, 0.3) is 0 Å². The van der Waals surface area contributed by atoms with Crippen molar-refractivity contribution in [3.05, 3.63) is 0 Å². The Labute approximate surface area is 105 Å². The largest absolute Gasteiger partial charge is 0.376 e. The minimum atomic E-state index is 0.240. The highest BCUT2D eigenvalue weighted by Crippen LogP contribution is 2.29. The Morgan fingerprint density at radius 3 is 2.59 bits per heavy atom. The van der Waals surface area contributed by atoms with E-state index in [1.165, 1.54) is 25.9 Å². The average molecular weight is 241 g/mol. The first-order chi connectivity index (χ1) is 8.20.